The maximum Gasteiger partial charge on any atom is 0.310 e. The largest absolute Gasteiger partial charge is 0.466 e. The molecule has 0 spiro atoms. The number of ether oxygens (including phenoxy) is 1. The number of aromatic nitrogens is 5. The number of hydrogen-bond acceptors (Lipinski definition) is 6. The fourth-order valence-electron chi connectivity index (χ4n) is 3.39. The zero-order valence-electron chi connectivity index (χ0n) is 16.7. The second-order valence-corrected chi connectivity index (χ2v) is 7.44. The van der Waals surface area contributed by atoms with E-state index in [1.165, 1.54) is 6.20 Å². The fraction of sp³-hybridized carbons (Fsp3) is 0.286. The number of nitriles is 1. The van der Waals surface area contributed by atoms with Gasteiger partial charge in [-0.1, -0.05) is 11.6 Å². The lowest BCUT2D eigenvalue weighted by atomic mass is 10.0. The third-order valence-corrected chi connectivity index (χ3v) is 5.55. The first-order valence-corrected chi connectivity index (χ1v) is 9.89. The van der Waals surface area contributed by atoms with Gasteiger partial charge in [0.25, 0.3) is 0 Å². The SMILES string of the molecule is CCOC(=O)[C@H](C)[C@@H](C)n1cc(Cl)c2cnc(-c3c[nH]c4ncc(C#N)cc34)nc21. The summed E-state index contributed by atoms with van der Waals surface area (Å²) in [6, 6.07) is 3.62. The molecule has 0 aliphatic heterocycles. The summed E-state index contributed by atoms with van der Waals surface area (Å²) in [5.41, 5.74) is 2.44. The predicted octanol–water partition coefficient (Wildman–Crippen LogP) is 4.26. The molecule has 30 heavy (non-hydrogen) atoms. The number of halogens is 1. The number of rotatable bonds is 5. The van der Waals surface area contributed by atoms with Crippen molar-refractivity contribution >= 4 is 39.6 Å². The number of pyridine rings is 1. The van der Waals surface area contributed by atoms with Crippen LogP contribution < -0.4 is 0 Å². The van der Waals surface area contributed by atoms with Crippen LogP contribution in [-0.2, 0) is 9.53 Å². The lowest BCUT2D eigenvalue weighted by Gasteiger charge is -2.20. The van der Waals surface area contributed by atoms with Crippen LogP contribution in [0.4, 0.5) is 0 Å². The molecule has 1 N–H and O–H groups in total. The van der Waals surface area contributed by atoms with Crippen molar-refractivity contribution in [1.82, 2.24) is 24.5 Å². The zero-order chi connectivity index (χ0) is 21.4. The number of carbonyl (C=O) groups excluding carboxylic acids is 1. The molecule has 4 aromatic heterocycles. The molecule has 0 amide bonds. The molecular weight excluding hydrogens is 404 g/mol. The van der Waals surface area contributed by atoms with Crippen molar-refractivity contribution < 1.29 is 9.53 Å². The summed E-state index contributed by atoms with van der Waals surface area (Å²) in [6.07, 6.45) is 6.70. The fourth-order valence-corrected chi connectivity index (χ4v) is 3.63. The van der Waals surface area contributed by atoms with Crippen molar-refractivity contribution in [2.45, 2.75) is 26.8 Å². The monoisotopic (exact) mass is 422 g/mol. The third-order valence-electron chi connectivity index (χ3n) is 5.24. The van der Waals surface area contributed by atoms with Gasteiger partial charge in [-0.05, 0) is 26.8 Å². The Morgan fingerprint density at radius 3 is 2.87 bits per heavy atom. The number of aromatic amines is 1. The first-order valence-electron chi connectivity index (χ1n) is 9.51. The van der Waals surface area contributed by atoms with E-state index in [4.69, 9.17) is 21.3 Å². The summed E-state index contributed by atoms with van der Waals surface area (Å²) in [5, 5.41) is 11.1. The Hall–Kier alpha value is -3.44. The van der Waals surface area contributed by atoms with Gasteiger partial charge in [0, 0.05) is 41.8 Å². The predicted molar refractivity (Wildman–Crippen MR) is 113 cm³/mol. The van der Waals surface area contributed by atoms with Crippen LogP contribution in [0, 0.1) is 17.2 Å². The Balaban J connectivity index is 1.83. The van der Waals surface area contributed by atoms with Gasteiger partial charge in [-0.25, -0.2) is 15.0 Å². The highest BCUT2D eigenvalue weighted by molar-refractivity contribution is 6.35. The van der Waals surface area contributed by atoms with E-state index >= 15 is 0 Å². The van der Waals surface area contributed by atoms with E-state index in [1.54, 1.807) is 31.6 Å². The molecule has 152 valence electrons. The summed E-state index contributed by atoms with van der Waals surface area (Å²) >= 11 is 6.41. The molecule has 0 radical (unpaired) electrons. The van der Waals surface area contributed by atoms with E-state index in [9.17, 15) is 10.1 Å². The van der Waals surface area contributed by atoms with Gasteiger partial charge in [0.1, 0.15) is 17.4 Å². The first-order chi connectivity index (χ1) is 14.4. The van der Waals surface area contributed by atoms with E-state index in [0.717, 1.165) is 10.9 Å². The highest BCUT2D eigenvalue weighted by Crippen LogP contribution is 2.32. The molecule has 0 aliphatic rings. The maximum atomic E-state index is 12.2. The molecule has 4 aromatic rings. The second-order valence-electron chi connectivity index (χ2n) is 7.03. The quantitative estimate of drug-likeness (QED) is 0.481. The molecule has 0 aromatic carbocycles. The average molecular weight is 423 g/mol. The Kier molecular flexibility index (Phi) is 5.14. The zero-order valence-corrected chi connectivity index (χ0v) is 17.4. The summed E-state index contributed by atoms with van der Waals surface area (Å²) in [4.78, 5) is 28.8. The van der Waals surface area contributed by atoms with Gasteiger partial charge in [0.15, 0.2) is 5.82 Å². The number of hydrogen-bond donors (Lipinski definition) is 1. The molecule has 0 saturated carbocycles. The number of fused-ring (bicyclic) bond motifs is 2. The highest BCUT2D eigenvalue weighted by Gasteiger charge is 2.25. The molecule has 0 fully saturated rings. The maximum absolute atomic E-state index is 12.2. The van der Waals surface area contributed by atoms with E-state index < -0.39 is 0 Å². The van der Waals surface area contributed by atoms with Crippen LogP contribution >= 0.6 is 11.6 Å². The number of H-pyrrole nitrogens is 1. The molecule has 4 heterocycles. The topological polar surface area (TPSA) is 109 Å². The van der Waals surface area contributed by atoms with Crippen molar-refractivity contribution in [3.63, 3.8) is 0 Å². The van der Waals surface area contributed by atoms with Crippen LogP contribution in [0.2, 0.25) is 5.02 Å². The molecule has 8 nitrogen and oxygen atoms in total. The van der Waals surface area contributed by atoms with Gasteiger partial charge >= 0.3 is 5.97 Å². The minimum atomic E-state index is -0.384. The van der Waals surface area contributed by atoms with Crippen LogP contribution in [0.3, 0.4) is 0 Å². The van der Waals surface area contributed by atoms with Gasteiger partial charge in [0.05, 0.1) is 28.5 Å². The Morgan fingerprint density at radius 2 is 2.13 bits per heavy atom. The van der Waals surface area contributed by atoms with Gasteiger partial charge in [-0.3, -0.25) is 4.79 Å². The molecule has 0 aliphatic carbocycles. The summed E-state index contributed by atoms with van der Waals surface area (Å²) in [5.74, 6) is -0.188. The number of esters is 1. The first kappa shape index (κ1) is 19.9. The molecular formula is C21H19ClN6O2. The molecule has 0 saturated heterocycles. The number of nitrogens with zero attached hydrogens (tertiary/aromatic N) is 5. The average Bonchev–Trinajstić information content (AvgIpc) is 3.33. The minimum absolute atomic E-state index is 0.225. The van der Waals surface area contributed by atoms with Crippen LogP contribution in [-0.4, -0.2) is 37.1 Å². The van der Waals surface area contributed by atoms with Gasteiger partial charge < -0.3 is 14.3 Å². The smallest absolute Gasteiger partial charge is 0.310 e. The van der Waals surface area contributed by atoms with Crippen molar-refractivity contribution in [3.05, 3.63) is 41.4 Å². The van der Waals surface area contributed by atoms with E-state index in [1.807, 2.05) is 18.4 Å². The van der Waals surface area contributed by atoms with Crippen LogP contribution in [0.25, 0.3) is 33.5 Å². The van der Waals surface area contributed by atoms with Crippen LogP contribution in [0.15, 0.2) is 30.9 Å². The third kappa shape index (κ3) is 3.27. The number of carbonyl (C=O) groups is 1. The van der Waals surface area contributed by atoms with Crippen molar-refractivity contribution in [3.8, 4) is 17.5 Å². The van der Waals surface area contributed by atoms with Crippen molar-refractivity contribution in [1.29, 1.82) is 5.26 Å². The normalized spacial score (nSPS) is 13.3. The van der Waals surface area contributed by atoms with Gasteiger partial charge in [0.2, 0.25) is 0 Å². The van der Waals surface area contributed by atoms with E-state index in [2.05, 4.69) is 21.0 Å². The summed E-state index contributed by atoms with van der Waals surface area (Å²) < 4.78 is 7.04. The Bertz CT molecular complexity index is 1300. The van der Waals surface area contributed by atoms with Crippen molar-refractivity contribution in [2.24, 2.45) is 5.92 Å². The molecule has 4 rings (SSSR count). The molecule has 0 bridgehead atoms. The van der Waals surface area contributed by atoms with E-state index in [0.29, 0.717) is 39.7 Å². The minimum Gasteiger partial charge on any atom is -0.466 e. The van der Waals surface area contributed by atoms with Gasteiger partial charge in [-0.15, -0.1) is 0 Å². The van der Waals surface area contributed by atoms with Gasteiger partial charge in [-0.2, -0.15) is 5.26 Å². The lowest BCUT2D eigenvalue weighted by molar-refractivity contribution is -0.148. The Labute approximate surface area is 177 Å². The second kappa shape index (κ2) is 7.76. The Morgan fingerprint density at radius 1 is 1.33 bits per heavy atom. The molecule has 0 unspecified atom stereocenters. The highest BCUT2D eigenvalue weighted by atomic mass is 35.5. The van der Waals surface area contributed by atoms with Crippen LogP contribution in [0.1, 0.15) is 32.4 Å². The standard InChI is InChI=1S/C21H19ClN6O2/c1-4-30-21(29)11(2)12(3)28-10-17(22)16-9-26-19(27-20(16)28)15-8-25-18-14(15)5-13(6-23)7-24-18/h5,7-12H,4H2,1-3H3,(H,24,25)/t11-,12-/m1/s1. The lowest BCUT2D eigenvalue weighted by Crippen LogP contribution is -2.24. The number of nitrogens with one attached hydrogen (secondary N) is 1. The van der Waals surface area contributed by atoms with Crippen molar-refractivity contribution in [2.75, 3.05) is 6.61 Å². The van der Waals surface area contributed by atoms with Crippen LogP contribution in [0.5, 0.6) is 0 Å². The van der Waals surface area contributed by atoms with E-state index in [-0.39, 0.29) is 17.9 Å². The summed E-state index contributed by atoms with van der Waals surface area (Å²) in [6.45, 7) is 5.85. The molecule has 9 heteroatoms. The molecule has 2 atom stereocenters. The summed E-state index contributed by atoms with van der Waals surface area (Å²) in [7, 11) is 0.